The molecule has 2 amide bonds. The number of aromatic nitrogens is 2. The standard InChI is InChI=1S/C21H28N6O6/c1-24-19(28)15(17(22-24)14-33-27-8-12-32-13-9-27)4-3-5-16-18(23-25(2)20(16)29)21(30)26-6-10-31-11-7-26/h3-5,22H,6-14H2,1-2H3/b4-3?,16-5-. The number of hydrazone groups is 1. The zero-order chi connectivity index (χ0) is 23.4. The third-order valence-electron chi connectivity index (χ3n) is 5.58. The van der Waals surface area contributed by atoms with E-state index in [2.05, 4.69) is 10.2 Å². The lowest BCUT2D eigenvalue weighted by atomic mass is 10.1. The molecule has 0 spiro atoms. The molecule has 3 aliphatic rings. The quantitative estimate of drug-likeness (QED) is 0.546. The Morgan fingerprint density at radius 3 is 2.45 bits per heavy atom. The van der Waals surface area contributed by atoms with Crippen molar-refractivity contribution in [3.8, 4) is 0 Å². The number of carbonyl (C=O) groups is 2. The van der Waals surface area contributed by atoms with Crippen LogP contribution in [0, 0.1) is 0 Å². The number of aromatic amines is 1. The monoisotopic (exact) mass is 460 g/mol. The molecule has 1 N–H and O–H groups in total. The van der Waals surface area contributed by atoms with Crippen molar-refractivity contribution in [3.63, 3.8) is 0 Å². The molecule has 0 atom stereocenters. The van der Waals surface area contributed by atoms with Crippen LogP contribution in [0.1, 0.15) is 11.3 Å². The minimum Gasteiger partial charge on any atom is -0.379 e. The van der Waals surface area contributed by atoms with Gasteiger partial charge in [-0.3, -0.25) is 29.0 Å². The molecule has 1 aromatic heterocycles. The van der Waals surface area contributed by atoms with Crippen molar-refractivity contribution < 1.29 is 23.9 Å². The highest BCUT2D eigenvalue weighted by Crippen LogP contribution is 2.17. The Balaban J connectivity index is 1.51. The van der Waals surface area contributed by atoms with Gasteiger partial charge >= 0.3 is 0 Å². The van der Waals surface area contributed by atoms with Crippen LogP contribution in [0.15, 0.2) is 27.6 Å². The normalized spacial score (nSPS) is 21.5. The second-order valence-electron chi connectivity index (χ2n) is 7.80. The molecule has 2 saturated heterocycles. The summed E-state index contributed by atoms with van der Waals surface area (Å²) >= 11 is 0. The molecular weight excluding hydrogens is 432 g/mol. The fraction of sp³-hybridized carbons (Fsp3) is 0.524. The molecule has 3 aliphatic heterocycles. The highest BCUT2D eigenvalue weighted by atomic mass is 16.7. The van der Waals surface area contributed by atoms with Crippen molar-refractivity contribution in [2.24, 2.45) is 12.1 Å². The third-order valence-corrected chi connectivity index (χ3v) is 5.58. The van der Waals surface area contributed by atoms with Crippen LogP contribution in [-0.4, -0.2) is 102 Å². The van der Waals surface area contributed by atoms with Gasteiger partial charge < -0.3 is 14.4 Å². The third kappa shape index (κ3) is 5.14. The summed E-state index contributed by atoms with van der Waals surface area (Å²) in [7, 11) is 3.13. The van der Waals surface area contributed by atoms with Crippen LogP contribution in [0.25, 0.3) is 6.08 Å². The number of hydrogen-bond acceptors (Lipinski definition) is 8. The summed E-state index contributed by atoms with van der Waals surface area (Å²) in [6, 6.07) is 0. The topological polar surface area (TPSA) is 122 Å². The van der Waals surface area contributed by atoms with Gasteiger partial charge in [0.1, 0.15) is 6.61 Å². The van der Waals surface area contributed by atoms with Gasteiger partial charge in [-0.15, -0.1) is 0 Å². The molecule has 178 valence electrons. The first-order valence-electron chi connectivity index (χ1n) is 10.8. The van der Waals surface area contributed by atoms with Crippen LogP contribution in [0.2, 0.25) is 0 Å². The van der Waals surface area contributed by atoms with E-state index in [9.17, 15) is 14.4 Å². The summed E-state index contributed by atoms with van der Waals surface area (Å²) in [5, 5.41) is 10.1. The van der Waals surface area contributed by atoms with Crippen molar-refractivity contribution in [2.45, 2.75) is 6.61 Å². The van der Waals surface area contributed by atoms with Crippen LogP contribution >= 0.6 is 0 Å². The average molecular weight is 460 g/mol. The lowest BCUT2D eigenvalue weighted by Crippen LogP contribution is -2.44. The van der Waals surface area contributed by atoms with Crippen molar-refractivity contribution in [1.82, 2.24) is 24.8 Å². The minimum absolute atomic E-state index is 0.0897. The fourth-order valence-corrected chi connectivity index (χ4v) is 3.73. The zero-order valence-electron chi connectivity index (χ0n) is 18.8. The van der Waals surface area contributed by atoms with E-state index in [0.717, 1.165) is 5.01 Å². The van der Waals surface area contributed by atoms with Gasteiger partial charge in [0, 0.05) is 40.3 Å². The largest absolute Gasteiger partial charge is 0.379 e. The summed E-state index contributed by atoms with van der Waals surface area (Å²) in [5.41, 5.74) is 1.07. The molecular formula is C21H28N6O6. The summed E-state index contributed by atoms with van der Waals surface area (Å²) in [5.74, 6) is -0.693. The number of H-pyrrole nitrogens is 1. The van der Waals surface area contributed by atoms with E-state index in [1.54, 1.807) is 29.2 Å². The molecule has 4 heterocycles. The smallest absolute Gasteiger partial charge is 0.276 e. The molecule has 12 heteroatoms. The number of morpholine rings is 2. The fourth-order valence-electron chi connectivity index (χ4n) is 3.73. The van der Waals surface area contributed by atoms with Crippen LogP contribution in [0.5, 0.6) is 0 Å². The number of amides is 2. The van der Waals surface area contributed by atoms with Gasteiger partial charge in [-0.2, -0.15) is 10.2 Å². The van der Waals surface area contributed by atoms with Gasteiger partial charge in [-0.05, 0) is 12.2 Å². The van der Waals surface area contributed by atoms with Gasteiger partial charge in [-0.1, -0.05) is 6.08 Å². The summed E-state index contributed by atoms with van der Waals surface area (Å²) in [6.45, 7) is 4.50. The lowest BCUT2D eigenvalue weighted by Gasteiger charge is -2.26. The van der Waals surface area contributed by atoms with E-state index in [-0.39, 0.29) is 35.3 Å². The van der Waals surface area contributed by atoms with Gasteiger partial charge in [-0.25, -0.2) is 5.01 Å². The maximum absolute atomic E-state index is 12.9. The van der Waals surface area contributed by atoms with Crippen LogP contribution < -0.4 is 5.56 Å². The molecule has 4 rings (SSSR count). The molecule has 0 aromatic carbocycles. The van der Waals surface area contributed by atoms with E-state index in [4.69, 9.17) is 14.3 Å². The van der Waals surface area contributed by atoms with Crippen molar-refractivity contribution in [2.75, 3.05) is 59.7 Å². The second kappa shape index (κ2) is 10.3. The first-order valence-corrected chi connectivity index (χ1v) is 10.8. The number of nitrogens with zero attached hydrogens (tertiary/aromatic N) is 5. The maximum Gasteiger partial charge on any atom is 0.276 e. The van der Waals surface area contributed by atoms with Crippen LogP contribution in [0.4, 0.5) is 0 Å². The molecule has 0 aliphatic carbocycles. The number of allylic oxidation sites excluding steroid dienone is 2. The number of carbonyl (C=O) groups excluding carboxylic acids is 2. The maximum atomic E-state index is 12.9. The Hall–Kier alpha value is -3.06. The van der Waals surface area contributed by atoms with Crippen molar-refractivity contribution >= 4 is 23.6 Å². The molecule has 33 heavy (non-hydrogen) atoms. The molecule has 1 aromatic rings. The number of likely N-dealkylation sites (N-methyl/N-ethyl adjacent to an activating group) is 1. The van der Waals surface area contributed by atoms with Gasteiger partial charge in [0.25, 0.3) is 17.4 Å². The Bertz CT molecular complexity index is 1040. The van der Waals surface area contributed by atoms with Gasteiger partial charge in [0.15, 0.2) is 5.71 Å². The van der Waals surface area contributed by atoms with Crippen LogP contribution in [0.3, 0.4) is 0 Å². The number of ether oxygens (including phenoxy) is 2. The minimum atomic E-state index is -0.380. The van der Waals surface area contributed by atoms with Crippen molar-refractivity contribution in [1.29, 1.82) is 0 Å². The average Bonchev–Trinajstić information content (AvgIpc) is 3.28. The van der Waals surface area contributed by atoms with E-state index < -0.39 is 0 Å². The van der Waals surface area contributed by atoms with Gasteiger partial charge in [0.05, 0.1) is 43.3 Å². The highest BCUT2D eigenvalue weighted by Gasteiger charge is 2.34. The highest BCUT2D eigenvalue weighted by molar-refractivity contribution is 6.52. The Kier molecular flexibility index (Phi) is 7.18. The summed E-state index contributed by atoms with van der Waals surface area (Å²) < 4.78 is 12.0. The number of hydroxylamine groups is 2. The lowest BCUT2D eigenvalue weighted by molar-refractivity contribution is -0.203. The molecule has 0 unspecified atom stereocenters. The Morgan fingerprint density at radius 1 is 1.09 bits per heavy atom. The molecule has 0 saturated carbocycles. The predicted octanol–water partition coefficient (Wildman–Crippen LogP) is -0.896. The summed E-state index contributed by atoms with van der Waals surface area (Å²) in [4.78, 5) is 45.4. The van der Waals surface area contributed by atoms with E-state index in [1.807, 2.05) is 0 Å². The number of nitrogens with one attached hydrogen (secondary N) is 1. The Morgan fingerprint density at radius 2 is 1.76 bits per heavy atom. The molecule has 2 fully saturated rings. The SMILES string of the molecule is CN1N=C(C(=O)N2CCOCC2)/C(=C/C=Cc2c(CON3CCOCC3)[nH]n(C)c2=O)C1=O. The predicted molar refractivity (Wildman–Crippen MR) is 118 cm³/mol. The molecule has 12 nitrogen and oxygen atoms in total. The van der Waals surface area contributed by atoms with E-state index in [1.165, 1.54) is 17.8 Å². The Labute approximate surface area is 190 Å². The number of aryl methyl sites for hydroxylation is 1. The zero-order valence-corrected chi connectivity index (χ0v) is 18.8. The van der Waals surface area contributed by atoms with Crippen molar-refractivity contribution in [3.05, 3.63) is 39.3 Å². The second-order valence-corrected chi connectivity index (χ2v) is 7.80. The first kappa shape index (κ1) is 23.1. The first-order chi connectivity index (χ1) is 16.0. The van der Waals surface area contributed by atoms with Crippen LogP contribution in [-0.2, 0) is 37.6 Å². The van der Waals surface area contributed by atoms with E-state index >= 15 is 0 Å². The molecule has 0 radical (unpaired) electrons. The van der Waals surface area contributed by atoms with E-state index in [0.29, 0.717) is 63.9 Å². The number of rotatable bonds is 6. The molecule has 0 bridgehead atoms. The summed E-state index contributed by atoms with van der Waals surface area (Å²) in [6.07, 6.45) is 4.70. The number of hydrogen-bond donors (Lipinski definition) is 1. The van der Waals surface area contributed by atoms with Gasteiger partial charge in [0.2, 0.25) is 0 Å².